The SMILES string of the molecule is CSc1ccccc1NC(=O)C(C)Oc1ccc(F)cc1. The molecule has 1 atom stereocenters. The van der Waals surface area contributed by atoms with Gasteiger partial charge in [0.1, 0.15) is 11.6 Å². The first-order valence-corrected chi connectivity index (χ1v) is 7.68. The maximum atomic E-state index is 12.8. The van der Waals surface area contributed by atoms with Gasteiger partial charge in [-0.2, -0.15) is 0 Å². The van der Waals surface area contributed by atoms with Crippen LogP contribution in [0.15, 0.2) is 53.4 Å². The number of para-hydroxylation sites is 1. The molecule has 2 rings (SSSR count). The fraction of sp³-hybridized carbons (Fsp3) is 0.188. The summed E-state index contributed by atoms with van der Waals surface area (Å²) in [6, 6.07) is 13.1. The molecular formula is C16H16FNO2S. The summed E-state index contributed by atoms with van der Waals surface area (Å²) in [5.41, 5.74) is 0.754. The zero-order valence-electron chi connectivity index (χ0n) is 11.8. The van der Waals surface area contributed by atoms with Gasteiger partial charge in [-0.25, -0.2) is 4.39 Å². The number of amides is 1. The summed E-state index contributed by atoms with van der Waals surface area (Å²) >= 11 is 1.56. The molecule has 0 fully saturated rings. The highest BCUT2D eigenvalue weighted by molar-refractivity contribution is 7.98. The summed E-state index contributed by atoms with van der Waals surface area (Å²) in [5, 5.41) is 2.83. The van der Waals surface area contributed by atoms with E-state index in [1.54, 1.807) is 18.7 Å². The first-order chi connectivity index (χ1) is 10.1. The lowest BCUT2D eigenvalue weighted by molar-refractivity contribution is -0.122. The van der Waals surface area contributed by atoms with Crippen molar-refractivity contribution in [2.75, 3.05) is 11.6 Å². The number of hydrogen-bond donors (Lipinski definition) is 1. The molecule has 3 nitrogen and oxygen atoms in total. The third-order valence-electron chi connectivity index (χ3n) is 2.86. The molecule has 21 heavy (non-hydrogen) atoms. The van der Waals surface area contributed by atoms with Crippen LogP contribution in [0.25, 0.3) is 0 Å². The predicted octanol–water partition coefficient (Wildman–Crippen LogP) is 3.95. The van der Waals surface area contributed by atoms with Crippen LogP contribution in [0.4, 0.5) is 10.1 Å². The minimum atomic E-state index is -0.676. The van der Waals surface area contributed by atoms with Crippen molar-refractivity contribution < 1.29 is 13.9 Å². The Morgan fingerprint density at radius 3 is 2.52 bits per heavy atom. The number of rotatable bonds is 5. The number of anilines is 1. The molecule has 110 valence electrons. The van der Waals surface area contributed by atoms with E-state index < -0.39 is 6.10 Å². The van der Waals surface area contributed by atoms with Crippen molar-refractivity contribution in [3.63, 3.8) is 0 Å². The topological polar surface area (TPSA) is 38.3 Å². The van der Waals surface area contributed by atoms with E-state index in [1.807, 2.05) is 30.5 Å². The van der Waals surface area contributed by atoms with Gasteiger partial charge in [0.05, 0.1) is 5.69 Å². The number of carbonyl (C=O) groups excluding carboxylic acids is 1. The molecule has 1 unspecified atom stereocenters. The van der Waals surface area contributed by atoms with Gasteiger partial charge < -0.3 is 10.1 Å². The van der Waals surface area contributed by atoms with Crippen LogP contribution in [0.2, 0.25) is 0 Å². The van der Waals surface area contributed by atoms with Crippen LogP contribution in [0.5, 0.6) is 5.75 Å². The van der Waals surface area contributed by atoms with Gasteiger partial charge in [-0.3, -0.25) is 4.79 Å². The number of ether oxygens (including phenoxy) is 1. The second kappa shape index (κ2) is 7.13. The molecule has 0 aromatic heterocycles. The summed E-state index contributed by atoms with van der Waals surface area (Å²) < 4.78 is 18.3. The van der Waals surface area contributed by atoms with Gasteiger partial charge in [0.15, 0.2) is 6.10 Å². The van der Waals surface area contributed by atoms with E-state index in [1.165, 1.54) is 24.3 Å². The summed E-state index contributed by atoms with van der Waals surface area (Å²) in [4.78, 5) is 13.1. The van der Waals surface area contributed by atoms with Gasteiger partial charge in [0.2, 0.25) is 0 Å². The highest BCUT2D eigenvalue weighted by Crippen LogP contribution is 2.25. The van der Waals surface area contributed by atoms with Crippen LogP contribution >= 0.6 is 11.8 Å². The molecule has 2 aromatic rings. The summed E-state index contributed by atoms with van der Waals surface area (Å²) in [6.45, 7) is 1.65. The molecule has 0 heterocycles. The van der Waals surface area contributed by atoms with E-state index in [0.29, 0.717) is 5.75 Å². The number of carbonyl (C=O) groups is 1. The minimum Gasteiger partial charge on any atom is -0.481 e. The Morgan fingerprint density at radius 2 is 1.86 bits per heavy atom. The fourth-order valence-corrected chi connectivity index (χ4v) is 2.31. The fourth-order valence-electron chi connectivity index (χ4n) is 1.75. The zero-order chi connectivity index (χ0) is 15.2. The Kier molecular flexibility index (Phi) is 5.22. The quantitative estimate of drug-likeness (QED) is 0.850. The number of benzene rings is 2. The van der Waals surface area contributed by atoms with Crippen LogP contribution in [0, 0.1) is 5.82 Å². The minimum absolute atomic E-state index is 0.249. The van der Waals surface area contributed by atoms with E-state index in [2.05, 4.69) is 5.32 Å². The van der Waals surface area contributed by atoms with Crippen molar-refractivity contribution in [1.29, 1.82) is 0 Å². The van der Waals surface area contributed by atoms with Gasteiger partial charge >= 0.3 is 0 Å². The van der Waals surface area contributed by atoms with Gasteiger partial charge in [0.25, 0.3) is 5.91 Å². The van der Waals surface area contributed by atoms with Gasteiger partial charge in [-0.1, -0.05) is 12.1 Å². The highest BCUT2D eigenvalue weighted by atomic mass is 32.2. The molecule has 0 aliphatic heterocycles. The van der Waals surface area contributed by atoms with Crippen molar-refractivity contribution >= 4 is 23.4 Å². The van der Waals surface area contributed by atoms with Gasteiger partial charge in [-0.15, -0.1) is 11.8 Å². The van der Waals surface area contributed by atoms with E-state index in [-0.39, 0.29) is 11.7 Å². The average molecular weight is 305 g/mol. The molecule has 0 spiro atoms. The molecule has 1 N–H and O–H groups in total. The van der Waals surface area contributed by atoms with Crippen molar-refractivity contribution in [2.45, 2.75) is 17.9 Å². The second-order valence-electron chi connectivity index (χ2n) is 4.40. The number of halogens is 1. The first-order valence-electron chi connectivity index (χ1n) is 6.46. The molecule has 0 saturated heterocycles. The standard InChI is InChI=1S/C16H16FNO2S/c1-11(20-13-9-7-12(17)8-10-13)16(19)18-14-5-3-4-6-15(14)21-2/h3-11H,1-2H3,(H,18,19). The highest BCUT2D eigenvalue weighted by Gasteiger charge is 2.16. The lowest BCUT2D eigenvalue weighted by Crippen LogP contribution is -2.30. The van der Waals surface area contributed by atoms with Crippen LogP contribution in [0.3, 0.4) is 0 Å². The number of hydrogen-bond acceptors (Lipinski definition) is 3. The molecule has 0 bridgehead atoms. The molecule has 0 aliphatic carbocycles. The Labute approximate surface area is 127 Å². The van der Waals surface area contributed by atoms with Crippen molar-refractivity contribution in [1.82, 2.24) is 0 Å². The van der Waals surface area contributed by atoms with E-state index in [9.17, 15) is 9.18 Å². The normalized spacial score (nSPS) is 11.8. The van der Waals surface area contributed by atoms with Crippen LogP contribution in [-0.4, -0.2) is 18.3 Å². The zero-order valence-corrected chi connectivity index (χ0v) is 12.6. The lowest BCUT2D eigenvalue weighted by atomic mass is 10.3. The molecule has 1 amide bonds. The average Bonchev–Trinajstić information content (AvgIpc) is 2.50. The Balaban J connectivity index is 2.01. The Bertz CT molecular complexity index is 616. The third-order valence-corrected chi connectivity index (χ3v) is 3.66. The van der Waals surface area contributed by atoms with Gasteiger partial charge in [-0.05, 0) is 49.6 Å². The number of nitrogens with one attached hydrogen (secondary N) is 1. The van der Waals surface area contributed by atoms with Crippen LogP contribution < -0.4 is 10.1 Å². The lowest BCUT2D eigenvalue weighted by Gasteiger charge is -2.16. The molecule has 2 aromatic carbocycles. The predicted molar refractivity (Wildman–Crippen MR) is 83.3 cm³/mol. The smallest absolute Gasteiger partial charge is 0.265 e. The molecule has 0 aliphatic rings. The van der Waals surface area contributed by atoms with Crippen LogP contribution in [-0.2, 0) is 4.79 Å². The Morgan fingerprint density at radius 1 is 1.19 bits per heavy atom. The first kappa shape index (κ1) is 15.4. The molecular weight excluding hydrogens is 289 g/mol. The van der Waals surface area contributed by atoms with Crippen molar-refractivity contribution in [2.24, 2.45) is 0 Å². The molecule has 0 radical (unpaired) electrons. The summed E-state index contributed by atoms with van der Waals surface area (Å²) in [7, 11) is 0. The maximum Gasteiger partial charge on any atom is 0.265 e. The third kappa shape index (κ3) is 4.23. The second-order valence-corrected chi connectivity index (χ2v) is 5.25. The monoisotopic (exact) mass is 305 g/mol. The number of thioether (sulfide) groups is 1. The molecule has 5 heteroatoms. The van der Waals surface area contributed by atoms with E-state index >= 15 is 0 Å². The molecule has 0 saturated carbocycles. The van der Waals surface area contributed by atoms with Crippen molar-refractivity contribution in [3.8, 4) is 5.75 Å². The summed E-state index contributed by atoms with van der Waals surface area (Å²) in [5.74, 6) is -0.133. The largest absolute Gasteiger partial charge is 0.481 e. The van der Waals surface area contributed by atoms with E-state index in [4.69, 9.17) is 4.74 Å². The van der Waals surface area contributed by atoms with Crippen molar-refractivity contribution in [3.05, 3.63) is 54.3 Å². The van der Waals surface area contributed by atoms with E-state index in [0.717, 1.165) is 10.6 Å². The van der Waals surface area contributed by atoms with Gasteiger partial charge in [0, 0.05) is 4.90 Å². The maximum absolute atomic E-state index is 12.8. The summed E-state index contributed by atoms with van der Waals surface area (Å²) in [6.07, 6.45) is 1.27. The Hall–Kier alpha value is -2.01. The van der Waals surface area contributed by atoms with Crippen LogP contribution in [0.1, 0.15) is 6.92 Å².